The molecule has 3 rings (SSSR count). The van der Waals surface area contributed by atoms with Crippen molar-refractivity contribution < 1.29 is 14.8 Å². The third-order valence-electron chi connectivity index (χ3n) is 4.89. The van der Waals surface area contributed by atoms with Crippen LogP contribution in [0.5, 0.6) is 0 Å². The van der Waals surface area contributed by atoms with Crippen LogP contribution in [0.15, 0.2) is 40.5 Å². The standard InChI is InChI=1S/C18H21N3O4S/c1-4-14-10(2)9-20-16(12-6-5-7-13(8-12)21(24)25)15(17(22)23)11(3)19-18(20)26-14/h5-8,10,14,16H,4,9H2,1-3H3,(H,22,23). The van der Waals surface area contributed by atoms with Crippen LogP contribution in [0, 0.1) is 16.0 Å². The van der Waals surface area contributed by atoms with Gasteiger partial charge in [-0.15, -0.1) is 0 Å². The number of carboxylic acids is 1. The minimum absolute atomic E-state index is 0.0434. The molecule has 0 bridgehead atoms. The molecule has 2 heterocycles. The van der Waals surface area contributed by atoms with Crippen LogP contribution in [-0.2, 0) is 4.79 Å². The van der Waals surface area contributed by atoms with E-state index in [4.69, 9.17) is 0 Å². The molecule has 7 nitrogen and oxygen atoms in total. The molecule has 1 aromatic rings. The molecule has 3 atom stereocenters. The van der Waals surface area contributed by atoms with Crippen molar-refractivity contribution in [3.63, 3.8) is 0 Å². The summed E-state index contributed by atoms with van der Waals surface area (Å²) in [6.07, 6.45) is 1.01. The van der Waals surface area contributed by atoms with Gasteiger partial charge in [0, 0.05) is 23.9 Å². The van der Waals surface area contributed by atoms with Crippen LogP contribution in [0.25, 0.3) is 0 Å². The summed E-state index contributed by atoms with van der Waals surface area (Å²) in [5, 5.41) is 22.2. The van der Waals surface area contributed by atoms with Crippen LogP contribution in [0.4, 0.5) is 5.69 Å². The number of carboxylic acid groups (broad SMARTS) is 1. The number of nitrogens with zero attached hydrogens (tertiary/aromatic N) is 3. The quantitative estimate of drug-likeness (QED) is 0.635. The fourth-order valence-electron chi connectivity index (χ4n) is 3.60. The summed E-state index contributed by atoms with van der Waals surface area (Å²) in [6.45, 7) is 6.64. The Labute approximate surface area is 155 Å². The van der Waals surface area contributed by atoms with Gasteiger partial charge in [0.05, 0.1) is 22.2 Å². The van der Waals surface area contributed by atoms with Crippen molar-refractivity contribution in [3.05, 3.63) is 51.2 Å². The third-order valence-corrected chi connectivity index (χ3v) is 6.53. The minimum Gasteiger partial charge on any atom is -0.478 e. The van der Waals surface area contributed by atoms with Crippen LogP contribution >= 0.6 is 11.8 Å². The zero-order valence-corrected chi connectivity index (χ0v) is 15.7. The average molecular weight is 375 g/mol. The zero-order chi connectivity index (χ0) is 19.0. The van der Waals surface area contributed by atoms with Gasteiger partial charge in [-0.05, 0) is 24.8 Å². The predicted octanol–water partition coefficient (Wildman–Crippen LogP) is 3.83. The lowest BCUT2D eigenvalue weighted by Crippen LogP contribution is -2.47. The molecule has 0 spiro atoms. The van der Waals surface area contributed by atoms with E-state index in [-0.39, 0.29) is 11.3 Å². The molecule has 2 aliphatic rings. The fourth-order valence-corrected chi connectivity index (χ4v) is 4.86. The molecule has 0 aromatic heterocycles. The van der Waals surface area contributed by atoms with E-state index < -0.39 is 16.9 Å². The summed E-state index contributed by atoms with van der Waals surface area (Å²) >= 11 is 1.66. The Hall–Kier alpha value is -2.35. The second-order valence-electron chi connectivity index (χ2n) is 6.65. The molecule has 3 unspecified atom stereocenters. The number of aliphatic carboxylic acids is 1. The van der Waals surface area contributed by atoms with Crippen LogP contribution < -0.4 is 0 Å². The Morgan fingerprint density at radius 3 is 2.85 bits per heavy atom. The number of nitro benzene ring substituents is 1. The van der Waals surface area contributed by atoms with E-state index >= 15 is 0 Å². The molecule has 1 fully saturated rings. The lowest BCUT2D eigenvalue weighted by Gasteiger charge is -2.44. The topological polar surface area (TPSA) is 96.0 Å². The Morgan fingerprint density at radius 2 is 2.23 bits per heavy atom. The van der Waals surface area contributed by atoms with Gasteiger partial charge >= 0.3 is 5.97 Å². The first kappa shape index (κ1) is 18.4. The molecule has 138 valence electrons. The van der Waals surface area contributed by atoms with Crippen molar-refractivity contribution in [1.29, 1.82) is 0 Å². The van der Waals surface area contributed by atoms with E-state index in [0.717, 1.165) is 11.6 Å². The molecule has 1 aromatic carbocycles. The van der Waals surface area contributed by atoms with E-state index in [1.54, 1.807) is 30.8 Å². The molecule has 2 aliphatic heterocycles. The summed E-state index contributed by atoms with van der Waals surface area (Å²) in [5.41, 5.74) is 1.19. The number of fused-ring (bicyclic) bond motifs is 1. The maximum absolute atomic E-state index is 11.9. The first-order valence-electron chi connectivity index (χ1n) is 8.53. The molecule has 0 aliphatic carbocycles. The van der Waals surface area contributed by atoms with Crippen LogP contribution in [0.1, 0.15) is 38.8 Å². The van der Waals surface area contributed by atoms with Gasteiger partial charge in [0.1, 0.15) is 0 Å². The second kappa shape index (κ2) is 7.11. The summed E-state index contributed by atoms with van der Waals surface area (Å²) in [6, 6.07) is 5.65. The van der Waals surface area contributed by atoms with Gasteiger partial charge in [-0.3, -0.25) is 10.1 Å². The van der Waals surface area contributed by atoms with Gasteiger partial charge in [0.2, 0.25) is 0 Å². The molecule has 1 N–H and O–H groups in total. The Balaban J connectivity index is 2.12. The van der Waals surface area contributed by atoms with Crippen LogP contribution in [0.3, 0.4) is 0 Å². The monoisotopic (exact) mass is 375 g/mol. The molecule has 0 radical (unpaired) electrons. The van der Waals surface area contributed by atoms with Crippen molar-refractivity contribution in [2.45, 2.75) is 38.5 Å². The van der Waals surface area contributed by atoms with Gasteiger partial charge in [-0.1, -0.05) is 37.7 Å². The SMILES string of the molecule is CCC1SC2=NC(C)=C(C(=O)O)C(c3cccc([N+](=O)[O-])c3)N2CC1C. The number of hydrogen-bond acceptors (Lipinski definition) is 6. The summed E-state index contributed by atoms with van der Waals surface area (Å²) < 4.78 is 0. The molecular weight excluding hydrogens is 354 g/mol. The number of thioether (sulfide) groups is 1. The zero-order valence-electron chi connectivity index (χ0n) is 14.9. The first-order chi connectivity index (χ1) is 12.3. The lowest BCUT2D eigenvalue weighted by atomic mass is 9.92. The van der Waals surface area contributed by atoms with Gasteiger partial charge in [0.25, 0.3) is 5.69 Å². The van der Waals surface area contributed by atoms with E-state index in [9.17, 15) is 20.0 Å². The van der Waals surface area contributed by atoms with E-state index in [0.29, 0.717) is 29.0 Å². The number of rotatable bonds is 4. The van der Waals surface area contributed by atoms with Crippen LogP contribution in [-0.4, -0.2) is 37.9 Å². The van der Waals surface area contributed by atoms with Crippen molar-refractivity contribution in [1.82, 2.24) is 4.90 Å². The highest BCUT2D eigenvalue weighted by molar-refractivity contribution is 8.14. The van der Waals surface area contributed by atoms with Gasteiger partial charge < -0.3 is 10.0 Å². The predicted molar refractivity (Wildman–Crippen MR) is 101 cm³/mol. The second-order valence-corrected chi connectivity index (χ2v) is 7.85. The number of hydrogen-bond donors (Lipinski definition) is 1. The number of amidine groups is 1. The number of allylic oxidation sites excluding steroid dienone is 1. The maximum Gasteiger partial charge on any atom is 0.335 e. The van der Waals surface area contributed by atoms with Gasteiger partial charge in [0.15, 0.2) is 5.17 Å². The number of carbonyl (C=O) groups is 1. The number of nitro groups is 1. The number of benzene rings is 1. The van der Waals surface area contributed by atoms with E-state index in [1.807, 2.05) is 4.90 Å². The molecule has 0 amide bonds. The Kier molecular flexibility index (Phi) is 5.04. The first-order valence-corrected chi connectivity index (χ1v) is 9.41. The molecule has 26 heavy (non-hydrogen) atoms. The van der Waals surface area contributed by atoms with E-state index in [2.05, 4.69) is 18.8 Å². The summed E-state index contributed by atoms with van der Waals surface area (Å²) in [4.78, 5) is 29.2. The summed E-state index contributed by atoms with van der Waals surface area (Å²) in [7, 11) is 0. The smallest absolute Gasteiger partial charge is 0.335 e. The van der Waals surface area contributed by atoms with Crippen molar-refractivity contribution >= 4 is 28.6 Å². The largest absolute Gasteiger partial charge is 0.478 e. The van der Waals surface area contributed by atoms with E-state index in [1.165, 1.54) is 12.1 Å². The molecule has 0 saturated carbocycles. The molecule has 8 heteroatoms. The van der Waals surface area contributed by atoms with Crippen molar-refractivity contribution in [3.8, 4) is 0 Å². The average Bonchev–Trinajstić information content (AvgIpc) is 2.60. The third kappa shape index (κ3) is 3.21. The van der Waals surface area contributed by atoms with Gasteiger partial charge in [-0.2, -0.15) is 0 Å². The summed E-state index contributed by atoms with van der Waals surface area (Å²) in [5.74, 6) is -0.685. The molecule has 1 saturated heterocycles. The number of non-ortho nitro benzene ring substituents is 1. The normalized spacial score (nSPS) is 25.6. The highest BCUT2D eigenvalue weighted by Gasteiger charge is 2.41. The highest BCUT2D eigenvalue weighted by Crippen LogP contribution is 2.43. The maximum atomic E-state index is 11.9. The van der Waals surface area contributed by atoms with Crippen molar-refractivity contribution in [2.75, 3.05) is 6.54 Å². The molecular formula is C18H21N3O4S. The van der Waals surface area contributed by atoms with Gasteiger partial charge in [-0.25, -0.2) is 9.79 Å². The Bertz CT molecular complexity index is 820. The van der Waals surface area contributed by atoms with Crippen molar-refractivity contribution in [2.24, 2.45) is 10.9 Å². The fraction of sp³-hybridized carbons (Fsp3) is 0.444. The Morgan fingerprint density at radius 1 is 1.50 bits per heavy atom. The lowest BCUT2D eigenvalue weighted by molar-refractivity contribution is -0.384. The van der Waals surface area contributed by atoms with Crippen LogP contribution in [0.2, 0.25) is 0 Å². The minimum atomic E-state index is -1.04. The number of aliphatic imine (C=N–C) groups is 1. The highest BCUT2D eigenvalue weighted by atomic mass is 32.2.